The minimum atomic E-state index is -1.17. The Morgan fingerprint density at radius 3 is 1.55 bits per heavy atom. The quantitative estimate of drug-likeness (QED) is 0.0317. The molecular formula is C56H68N2O2S5. The van der Waals surface area contributed by atoms with E-state index in [0.717, 1.165) is 55.5 Å². The summed E-state index contributed by atoms with van der Waals surface area (Å²) in [6.07, 6.45) is 25.2. The van der Waals surface area contributed by atoms with Crippen molar-refractivity contribution >= 4 is 89.8 Å². The van der Waals surface area contributed by atoms with Crippen LogP contribution in [-0.2, 0) is 37.0 Å². The van der Waals surface area contributed by atoms with E-state index in [0.29, 0.717) is 0 Å². The van der Waals surface area contributed by atoms with Crippen molar-refractivity contribution in [2.45, 2.75) is 170 Å². The SMILES string of the molecule is CCCCCCc1cc(-c2cc(CCCCCC)c(-c3cc(CCCCCC)c(-c4sc(-c5cc6c(s5)c5ccccc5n6CC)cc4CCCCCC)s3)s2)sc1/C=C(\C#N)C(=O)O. The summed E-state index contributed by atoms with van der Waals surface area (Å²) in [6, 6.07) is 23.2. The summed E-state index contributed by atoms with van der Waals surface area (Å²) in [5.74, 6) is -1.17. The smallest absolute Gasteiger partial charge is 0.346 e. The van der Waals surface area contributed by atoms with Crippen LogP contribution in [0, 0.1) is 11.3 Å². The molecule has 6 aromatic heterocycles. The van der Waals surface area contributed by atoms with Crippen molar-refractivity contribution in [2.24, 2.45) is 0 Å². The molecule has 1 N–H and O–H groups in total. The van der Waals surface area contributed by atoms with Gasteiger partial charge < -0.3 is 9.67 Å². The highest BCUT2D eigenvalue weighted by molar-refractivity contribution is 7.31. The number of fused-ring (bicyclic) bond motifs is 3. The van der Waals surface area contributed by atoms with Crippen LogP contribution < -0.4 is 0 Å². The normalized spacial score (nSPS) is 12.0. The fourth-order valence-corrected chi connectivity index (χ4v) is 15.6. The minimum Gasteiger partial charge on any atom is -0.477 e. The molecule has 0 bridgehead atoms. The molecule has 9 heteroatoms. The maximum Gasteiger partial charge on any atom is 0.346 e. The lowest BCUT2D eigenvalue weighted by Gasteiger charge is -2.06. The summed E-state index contributed by atoms with van der Waals surface area (Å²) in [6.45, 7) is 12.3. The highest BCUT2D eigenvalue weighted by atomic mass is 32.1. The largest absolute Gasteiger partial charge is 0.477 e. The lowest BCUT2D eigenvalue weighted by Crippen LogP contribution is -1.97. The van der Waals surface area contributed by atoms with Gasteiger partial charge in [-0.15, -0.1) is 56.7 Å². The van der Waals surface area contributed by atoms with Gasteiger partial charge in [-0.3, -0.25) is 0 Å². The third kappa shape index (κ3) is 11.9. The first kappa shape index (κ1) is 49.1. The number of carboxylic acids is 1. The Hall–Kier alpha value is -3.78. The Morgan fingerprint density at radius 2 is 1.02 bits per heavy atom. The summed E-state index contributed by atoms with van der Waals surface area (Å²) in [7, 11) is 0. The van der Waals surface area contributed by atoms with Crippen LogP contribution >= 0.6 is 56.7 Å². The minimum absolute atomic E-state index is 0.202. The number of carboxylic acid groups (broad SMARTS) is 1. The molecule has 0 fully saturated rings. The number of aryl methyl sites for hydroxylation is 5. The van der Waals surface area contributed by atoms with Gasteiger partial charge in [-0.1, -0.05) is 123 Å². The molecule has 0 aliphatic heterocycles. The lowest BCUT2D eigenvalue weighted by molar-refractivity contribution is -0.132. The number of hydrogen-bond acceptors (Lipinski definition) is 7. The molecule has 344 valence electrons. The van der Waals surface area contributed by atoms with Crippen molar-refractivity contribution in [3.8, 4) is 45.1 Å². The van der Waals surface area contributed by atoms with Gasteiger partial charge in [-0.05, 0) is 123 Å². The molecule has 0 atom stereocenters. The number of thiophene rings is 5. The monoisotopic (exact) mass is 960 g/mol. The number of hydrogen-bond donors (Lipinski definition) is 1. The van der Waals surface area contributed by atoms with Gasteiger partial charge in [-0.2, -0.15) is 5.26 Å². The van der Waals surface area contributed by atoms with Crippen molar-refractivity contribution in [1.29, 1.82) is 5.26 Å². The van der Waals surface area contributed by atoms with E-state index in [2.05, 4.69) is 93.8 Å². The van der Waals surface area contributed by atoms with Crippen LogP contribution in [0.25, 0.3) is 66.2 Å². The second kappa shape index (κ2) is 24.3. The lowest BCUT2D eigenvalue weighted by atomic mass is 10.0. The Balaban J connectivity index is 1.33. The van der Waals surface area contributed by atoms with E-state index in [-0.39, 0.29) is 5.57 Å². The molecule has 0 amide bonds. The maximum atomic E-state index is 12.0. The average Bonchev–Trinajstić information content (AvgIpc) is 4.18. The van der Waals surface area contributed by atoms with Crippen LogP contribution in [0.15, 0.2) is 60.2 Å². The van der Waals surface area contributed by atoms with Gasteiger partial charge in [0.05, 0.1) is 10.2 Å². The van der Waals surface area contributed by atoms with Crippen LogP contribution in [0.1, 0.15) is 164 Å². The van der Waals surface area contributed by atoms with E-state index >= 15 is 0 Å². The van der Waals surface area contributed by atoms with Crippen LogP contribution in [0.2, 0.25) is 0 Å². The molecule has 65 heavy (non-hydrogen) atoms. The maximum absolute atomic E-state index is 12.0. The zero-order valence-electron chi connectivity index (χ0n) is 39.4. The molecule has 1 aromatic carbocycles. The summed E-state index contributed by atoms with van der Waals surface area (Å²) >= 11 is 9.59. The number of aromatic nitrogens is 1. The second-order valence-corrected chi connectivity index (χ2v) is 23.0. The third-order valence-electron chi connectivity index (χ3n) is 12.8. The first-order chi connectivity index (χ1) is 31.8. The summed E-state index contributed by atoms with van der Waals surface area (Å²) in [5, 5.41) is 20.9. The number of benzene rings is 1. The molecule has 0 saturated carbocycles. The fourth-order valence-electron chi connectivity index (χ4n) is 9.18. The van der Waals surface area contributed by atoms with Crippen LogP contribution in [0.5, 0.6) is 0 Å². The van der Waals surface area contributed by atoms with Gasteiger partial charge in [-0.25, -0.2) is 4.79 Å². The molecule has 4 nitrogen and oxygen atoms in total. The number of rotatable bonds is 27. The zero-order valence-corrected chi connectivity index (χ0v) is 43.5. The van der Waals surface area contributed by atoms with Crippen molar-refractivity contribution in [3.63, 3.8) is 0 Å². The Bertz CT molecular complexity index is 2720. The van der Waals surface area contributed by atoms with E-state index in [9.17, 15) is 15.2 Å². The van der Waals surface area contributed by atoms with Crippen LogP contribution in [0.4, 0.5) is 0 Å². The molecule has 0 aliphatic rings. The Morgan fingerprint density at radius 1 is 0.554 bits per heavy atom. The van der Waals surface area contributed by atoms with E-state index < -0.39 is 5.97 Å². The summed E-state index contributed by atoms with van der Waals surface area (Å²) in [5.41, 5.74) is 8.10. The number of aliphatic carboxylic acids is 1. The number of para-hydroxylation sites is 1. The highest BCUT2D eigenvalue weighted by Crippen LogP contribution is 2.51. The molecule has 0 radical (unpaired) electrons. The van der Waals surface area contributed by atoms with Gasteiger partial charge in [0.15, 0.2) is 0 Å². The summed E-state index contributed by atoms with van der Waals surface area (Å²) in [4.78, 5) is 23.8. The molecule has 7 aromatic rings. The predicted molar refractivity (Wildman–Crippen MR) is 289 cm³/mol. The number of carbonyl (C=O) groups is 1. The van der Waals surface area contributed by atoms with Crippen LogP contribution in [-0.4, -0.2) is 15.6 Å². The Kier molecular flexibility index (Phi) is 18.4. The molecular weight excluding hydrogens is 893 g/mol. The van der Waals surface area contributed by atoms with Crippen molar-refractivity contribution in [2.75, 3.05) is 0 Å². The molecule has 0 unspecified atom stereocenters. The third-order valence-corrected chi connectivity index (χ3v) is 19.3. The van der Waals surface area contributed by atoms with E-state index in [4.69, 9.17) is 0 Å². The first-order valence-electron chi connectivity index (χ1n) is 24.7. The van der Waals surface area contributed by atoms with Gasteiger partial charge in [0.25, 0.3) is 0 Å². The number of unbranched alkanes of at least 4 members (excludes halogenated alkanes) is 12. The van der Waals surface area contributed by atoms with Crippen LogP contribution in [0.3, 0.4) is 0 Å². The molecule has 6 heterocycles. The van der Waals surface area contributed by atoms with E-state index in [1.807, 2.05) is 51.4 Å². The van der Waals surface area contributed by atoms with Crippen molar-refractivity contribution in [1.82, 2.24) is 4.57 Å². The van der Waals surface area contributed by atoms with E-state index in [1.165, 1.54) is 167 Å². The molecule has 0 aliphatic carbocycles. The number of nitrogens with zero attached hydrogens (tertiary/aromatic N) is 2. The summed E-state index contributed by atoms with van der Waals surface area (Å²) < 4.78 is 3.89. The van der Waals surface area contributed by atoms with E-state index in [1.54, 1.807) is 17.4 Å². The zero-order chi connectivity index (χ0) is 45.7. The molecule has 7 rings (SSSR count). The Labute approximate surface area is 408 Å². The standard InChI is InChI=1S/C56H68N2O2S5/c1-6-11-15-19-25-38-31-47(61-46(38)35-42(37-57)56(59)60)48-32-39(26-20-16-12-7-2)52(62-48)51-34-41(28-22-18-14-9-4)54(65-51)53-40(27-21-17-13-8-3)33-49(63-53)50-36-45-55(64-50)43-29-23-24-30-44(43)58(45)10-5/h23-24,29-36H,6-22,25-28H2,1-5H3,(H,59,60)/b42-35+. The fraction of sp³-hybridized carbons (Fsp3) is 0.464. The topological polar surface area (TPSA) is 66.0 Å². The molecule has 0 spiro atoms. The van der Waals surface area contributed by atoms with Crippen molar-refractivity contribution in [3.05, 3.63) is 87.3 Å². The van der Waals surface area contributed by atoms with Crippen molar-refractivity contribution < 1.29 is 9.90 Å². The number of nitriles is 1. The van der Waals surface area contributed by atoms with Gasteiger partial charge in [0, 0.05) is 61.3 Å². The molecule has 0 saturated heterocycles. The highest BCUT2D eigenvalue weighted by Gasteiger charge is 2.24. The predicted octanol–water partition coefficient (Wildman–Crippen LogP) is 19.3. The first-order valence-corrected chi connectivity index (χ1v) is 28.8. The van der Waals surface area contributed by atoms with Gasteiger partial charge >= 0.3 is 5.97 Å². The average molecular weight is 962 g/mol. The second-order valence-electron chi connectivity index (χ2n) is 17.7. The van der Waals surface area contributed by atoms with Gasteiger partial charge in [0.2, 0.25) is 0 Å². The van der Waals surface area contributed by atoms with Gasteiger partial charge in [0.1, 0.15) is 11.6 Å².